The Kier molecular flexibility index (Phi) is 3.44. The van der Waals surface area contributed by atoms with Crippen molar-refractivity contribution in [1.29, 1.82) is 0 Å². The summed E-state index contributed by atoms with van der Waals surface area (Å²) in [4.78, 5) is 5.64. The van der Waals surface area contributed by atoms with Crippen LogP contribution in [-0.4, -0.2) is 31.2 Å². The van der Waals surface area contributed by atoms with Crippen LogP contribution < -0.4 is 10.2 Å². The van der Waals surface area contributed by atoms with Crippen LogP contribution in [0.1, 0.15) is 5.56 Å². The SMILES string of the molecule is FC(F)(F)c1cnc(N2CC[N]CC2)c(Cl)c1. The number of alkyl halides is 3. The Bertz CT molecular complexity index is 402. The van der Waals surface area contributed by atoms with Crippen LogP contribution in [0.4, 0.5) is 19.0 Å². The summed E-state index contributed by atoms with van der Waals surface area (Å²) in [5.74, 6) is 0.398. The fourth-order valence-corrected chi connectivity index (χ4v) is 1.92. The van der Waals surface area contributed by atoms with E-state index in [9.17, 15) is 13.2 Å². The lowest BCUT2D eigenvalue weighted by molar-refractivity contribution is -0.137. The molecule has 1 aliphatic rings. The topological polar surface area (TPSA) is 30.2 Å². The number of halogens is 4. The molecule has 0 aromatic carbocycles. The maximum absolute atomic E-state index is 12.4. The zero-order valence-electron chi connectivity index (χ0n) is 8.84. The van der Waals surface area contributed by atoms with Crippen LogP contribution in [0.25, 0.3) is 0 Å². The molecule has 1 aromatic rings. The van der Waals surface area contributed by atoms with Gasteiger partial charge in [0.2, 0.25) is 0 Å². The van der Waals surface area contributed by atoms with Crippen molar-refractivity contribution in [2.75, 3.05) is 31.1 Å². The second-order valence-corrected chi connectivity index (χ2v) is 4.09. The summed E-state index contributed by atoms with van der Waals surface area (Å²) in [6, 6.07) is 0.912. The normalized spacial score (nSPS) is 17.3. The van der Waals surface area contributed by atoms with Crippen molar-refractivity contribution in [3.8, 4) is 0 Å². The molecule has 2 rings (SSSR count). The third kappa shape index (κ3) is 2.81. The van der Waals surface area contributed by atoms with Gasteiger partial charge in [0.1, 0.15) is 5.82 Å². The minimum Gasteiger partial charge on any atom is -0.353 e. The fourth-order valence-electron chi connectivity index (χ4n) is 1.64. The Morgan fingerprint density at radius 3 is 2.41 bits per heavy atom. The van der Waals surface area contributed by atoms with Gasteiger partial charge >= 0.3 is 6.18 Å². The van der Waals surface area contributed by atoms with Crippen molar-refractivity contribution in [3.05, 3.63) is 22.8 Å². The number of hydrogen-bond donors (Lipinski definition) is 0. The first kappa shape index (κ1) is 12.4. The van der Waals surface area contributed by atoms with Gasteiger partial charge in [0.05, 0.1) is 10.6 Å². The molecule has 0 saturated carbocycles. The Hall–Kier alpha value is -1.01. The minimum absolute atomic E-state index is 0.0294. The molecule has 0 atom stereocenters. The monoisotopic (exact) mass is 264 g/mol. The van der Waals surface area contributed by atoms with E-state index in [4.69, 9.17) is 11.6 Å². The van der Waals surface area contributed by atoms with E-state index in [0.717, 1.165) is 12.3 Å². The zero-order valence-corrected chi connectivity index (χ0v) is 9.59. The number of aromatic nitrogens is 1. The van der Waals surface area contributed by atoms with E-state index in [0.29, 0.717) is 32.0 Å². The molecule has 7 heteroatoms. The molecule has 1 aromatic heterocycles. The first-order chi connectivity index (χ1) is 7.98. The van der Waals surface area contributed by atoms with E-state index < -0.39 is 11.7 Å². The van der Waals surface area contributed by atoms with Crippen LogP contribution in [0.5, 0.6) is 0 Å². The first-order valence-electron chi connectivity index (χ1n) is 5.09. The lowest BCUT2D eigenvalue weighted by Crippen LogP contribution is -2.40. The average Bonchev–Trinajstić information content (AvgIpc) is 2.29. The van der Waals surface area contributed by atoms with Crippen LogP contribution in [-0.2, 0) is 6.18 Å². The summed E-state index contributed by atoms with van der Waals surface area (Å²) in [5, 5.41) is 4.18. The van der Waals surface area contributed by atoms with Gasteiger partial charge in [-0.1, -0.05) is 11.6 Å². The van der Waals surface area contributed by atoms with Gasteiger partial charge in [-0.05, 0) is 6.07 Å². The molecule has 0 bridgehead atoms. The van der Waals surface area contributed by atoms with Crippen LogP contribution >= 0.6 is 11.6 Å². The Labute approximate surface area is 102 Å². The van der Waals surface area contributed by atoms with E-state index in [1.54, 1.807) is 0 Å². The fraction of sp³-hybridized carbons (Fsp3) is 0.500. The third-order valence-corrected chi connectivity index (χ3v) is 2.78. The van der Waals surface area contributed by atoms with Crippen molar-refractivity contribution in [2.45, 2.75) is 6.18 Å². The van der Waals surface area contributed by atoms with Crippen molar-refractivity contribution >= 4 is 17.4 Å². The maximum Gasteiger partial charge on any atom is 0.417 e. The van der Waals surface area contributed by atoms with Crippen LogP contribution in [0.15, 0.2) is 12.3 Å². The highest BCUT2D eigenvalue weighted by Crippen LogP contribution is 2.33. The largest absolute Gasteiger partial charge is 0.417 e. The highest BCUT2D eigenvalue weighted by Gasteiger charge is 2.32. The smallest absolute Gasteiger partial charge is 0.353 e. The predicted octanol–water partition coefficient (Wildman–Crippen LogP) is 2.18. The van der Waals surface area contributed by atoms with Crippen molar-refractivity contribution in [1.82, 2.24) is 10.3 Å². The molecule has 3 nitrogen and oxygen atoms in total. The third-order valence-electron chi connectivity index (χ3n) is 2.50. The molecule has 0 amide bonds. The highest BCUT2D eigenvalue weighted by molar-refractivity contribution is 6.33. The van der Waals surface area contributed by atoms with Gasteiger partial charge in [-0.25, -0.2) is 10.3 Å². The summed E-state index contributed by atoms with van der Waals surface area (Å²) >= 11 is 5.83. The summed E-state index contributed by atoms with van der Waals surface area (Å²) in [5.41, 5.74) is -0.826. The summed E-state index contributed by atoms with van der Waals surface area (Å²) < 4.78 is 37.2. The van der Waals surface area contributed by atoms with Gasteiger partial charge in [0.25, 0.3) is 0 Å². The summed E-state index contributed by atoms with van der Waals surface area (Å²) in [6.07, 6.45) is -3.60. The Balaban J connectivity index is 2.25. The molecular weight excluding hydrogens is 255 g/mol. The lowest BCUT2D eigenvalue weighted by atomic mass is 10.2. The minimum atomic E-state index is -4.41. The van der Waals surface area contributed by atoms with Crippen molar-refractivity contribution in [3.63, 3.8) is 0 Å². The molecule has 93 valence electrons. The zero-order chi connectivity index (χ0) is 12.5. The number of hydrogen-bond acceptors (Lipinski definition) is 2. The molecule has 0 spiro atoms. The molecule has 0 N–H and O–H groups in total. The average molecular weight is 265 g/mol. The summed E-state index contributed by atoms with van der Waals surface area (Å²) in [7, 11) is 0. The number of piperazine rings is 1. The van der Waals surface area contributed by atoms with Crippen LogP contribution in [0.2, 0.25) is 5.02 Å². The summed E-state index contributed by atoms with van der Waals surface area (Å²) in [6.45, 7) is 2.58. The van der Waals surface area contributed by atoms with Crippen molar-refractivity contribution in [2.24, 2.45) is 0 Å². The maximum atomic E-state index is 12.4. The molecule has 0 aliphatic carbocycles. The van der Waals surface area contributed by atoms with E-state index in [1.807, 2.05) is 4.90 Å². The number of anilines is 1. The van der Waals surface area contributed by atoms with Crippen LogP contribution in [0, 0.1) is 0 Å². The molecule has 0 unspecified atom stereocenters. The number of rotatable bonds is 1. The Morgan fingerprint density at radius 2 is 1.88 bits per heavy atom. The number of nitrogens with zero attached hydrogens (tertiary/aromatic N) is 3. The molecule has 1 radical (unpaired) electrons. The second-order valence-electron chi connectivity index (χ2n) is 3.69. The second kappa shape index (κ2) is 4.70. The van der Waals surface area contributed by atoms with Crippen molar-refractivity contribution < 1.29 is 13.2 Å². The molecule has 1 aliphatic heterocycles. The van der Waals surface area contributed by atoms with Crippen LogP contribution in [0.3, 0.4) is 0 Å². The first-order valence-corrected chi connectivity index (χ1v) is 5.47. The molecule has 2 heterocycles. The lowest BCUT2D eigenvalue weighted by Gasteiger charge is -2.28. The van der Waals surface area contributed by atoms with Gasteiger partial charge in [-0.15, -0.1) is 0 Å². The van der Waals surface area contributed by atoms with E-state index in [2.05, 4.69) is 10.3 Å². The number of pyridine rings is 1. The van der Waals surface area contributed by atoms with Gasteiger partial charge in [-0.2, -0.15) is 13.2 Å². The van der Waals surface area contributed by atoms with Gasteiger partial charge < -0.3 is 4.90 Å². The Morgan fingerprint density at radius 1 is 1.24 bits per heavy atom. The van der Waals surface area contributed by atoms with E-state index in [-0.39, 0.29) is 5.02 Å². The van der Waals surface area contributed by atoms with E-state index >= 15 is 0 Å². The standard InChI is InChI=1S/C10H10ClF3N3/c11-8-5-7(10(12,13)14)6-16-9(8)17-3-1-15-2-4-17/h5-6H,1-4H2. The van der Waals surface area contributed by atoms with Gasteiger partial charge in [0, 0.05) is 32.4 Å². The predicted molar refractivity (Wildman–Crippen MR) is 58.3 cm³/mol. The van der Waals surface area contributed by atoms with Gasteiger partial charge in [0.15, 0.2) is 0 Å². The highest BCUT2D eigenvalue weighted by atomic mass is 35.5. The van der Waals surface area contributed by atoms with Gasteiger partial charge in [-0.3, -0.25) is 0 Å². The molecule has 1 fully saturated rings. The quantitative estimate of drug-likeness (QED) is 0.778. The van der Waals surface area contributed by atoms with E-state index in [1.165, 1.54) is 0 Å². The molecular formula is C10H10ClF3N3. The molecule has 17 heavy (non-hydrogen) atoms. The molecule has 1 saturated heterocycles.